The molecule has 1 nitrogen and oxygen atoms in total. The fourth-order valence-corrected chi connectivity index (χ4v) is 2.65. The number of H-pyrrole nitrogens is 1. The van der Waals surface area contributed by atoms with E-state index in [1.54, 1.807) is 0 Å². The van der Waals surface area contributed by atoms with Crippen molar-refractivity contribution >= 4 is 33.4 Å². The fraction of sp³-hybridized carbons (Fsp3) is 0. The Morgan fingerprint density at radius 2 is 1.53 bits per heavy atom. The topological polar surface area (TPSA) is 14.1 Å². The van der Waals surface area contributed by atoms with Crippen LogP contribution in [0.25, 0.3) is 22.0 Å². The zero-order chi connectivity index (χ0) is 11.7. The lowest BCUT2D eigenvalue weighted by Crippen LogP contribution is -2.11. The van der Waals surface area contributed by atoms with E-state index in [9.17, 15) is 0 Å². The van der Waals surface area contributed by atoms with Crippen LogP contribution in [0.4, 0.5) is 0 Å². The Hall–Kier alpha value is -1.42. The van der Waals surface area contributed by atoms with Crippen LogP contribution in [-0.2, 0) is 0 Å². The quantitative estimate of drug-likeness (QED) is 0.474. The van der Waals surface area contributed by atoms with Crippen LogP contribution < -0.4 is 4.98 Å². The van der Waals surface area contributed by atoms with Gasteiger partial charge in [-0.2, -0.15) is 4.98 Å². The number of hydrogen-bond acceptors (Lipinski definition) is 0. The Bertz CT molecular complexity index is 662. The molecule has 2 aromatic carbocycles. The van der Waals surface area contributed by atoms with Gasteiger partial charge in [0.2, 0.25) is 9.39 Å². The molecule has 0 radical (unpaired) electrons. The second-order valence-electron chi connectivity index (χ2n) is 3.95. The summed E-state index contributed by atoms with van der Waals surface area (Å²) < 4.78 is 1.15. The highest BCUT2D eigenvalue weighted by atomic mass is 127. The highest BCUT2D eigenvalue weighted by Crippen LogP contribution is 2.24. The third-order valence-electron chi connectivity index (χ3n) is 2.82. The van der Waals surface area contributed by atoms with Crippen molar-refractivity contribution in [3.05, 3.63) is 64.4 Å². The summed E-state index contributed by atoms with van der Waals surface area (Å²) >= 11 is 2.32. The Balaban J connectivity index is 2.36. The van der Waals surface area contributed by atoms with Gasteiger partial charge in [0.1, 0.15) is 0 Å². The molecule has 3 aromatic rings. The van der Waals surface area contributed by atoms with Crippen molar-refractivity contribution in [3.8, 4) is 11.3 Å². The van der Waals surface area contributed by atoms with E-state index in [2.05, 4.69) is 82.2 Å². The average Bonchev–Trinajstić information content (AvgIpc) is 2.39. The molecule has 1 aromatic heterocycles. The van der Waals surface area contributed by atoms with E-state index < -0.39 is 0 Å². The molecule has 0 amide bonds. The first-order valence-corrected chi connectivity index (χ1v) is 6.58. The van der Waals surface area contributed by atoms with Crippen molar-refractivity contribution in [1.29, 1.82) is 0 Å². The van der Waals surface area contributed by atoms with Crippen molar-refractivity contribution < 1.29 is 4.98 Å². The molecule has 82 valence electrons. The van der Waals surface area contributed by atoms with E-state index >= 15 is 0 Å². The van der Waals surface area contributed by atoms with Gasteiger partial charge in [0.25, 0.3) is 0 Å². The van der Waals surface area contributed by atoms with Gasteiger partial charge in [-0.15, -0.1) is 0 Å². The number of aromatic nitrogens is 1. The van der Waals surface area contributed by atoms with Crippen LogP contribution in [0.15, 0.2) is 60.7 Å². The maximum Gasteiger partial charge on any atom is 0.240 e. The average molecular weight is 332 g/mol. The van der Waals surface area contributed by atoms with Crippen molar-refractivity contribution in [2.75, 3.05) is 0 Å². The summed E-state index contributed by atoms with van der Waals surface area (Å²) in [5.74, 6) is 0. The normalized spacial score (nSPS) is 10.6. The molecule has 0 saturated heterocycles. The first-order chi connectivity index (χ1) is 8.34. The first-order valence-electron chi connectivity index (χ1n) is 5.50. The van der Waals surface area contributed by atoms with Crippen molar-refractivity contribution in [2.45, 2.75) is 0 Å². The Kier molecular flexibility index (Phi) is 2.81. The smallest absolute Gasteiger partial charge is 0.199 e. The number of nitrogens with one attached hydrogen (secondary N) is 1. The summed E-state index contributed by atoms with van der Waals surface area (Å²) in [5, 5.41) is 2.54. The summed E-state index contributed by atoms with van der Waals surface area (Å²) in [6.07, 6.45) is 0. The molecular weight excluding hydrogens is 321 g/mol. The van der Waals surface area contributed by atoms with E-state index in [-0.39, 0.29) is 0 Å². The molecule has 3 rings (SSSR count). The molecule has 0 saturated carbocycles. The molecule has 2 heteroatoms. The van der Waals surface area contributed by atoms with E-state index in [4.69, 9.17) is 0 Å². The Morgan fingerprint density at radius 1 is 0.824 bits per heavy atom. The summed E-state index contributed by atoms with van der Waals surface area (Å²) in [5.41, 5.74) is 2.41. The molecule has 1 N–H and O–H groups in total. The number of halogens is 1. The zero-order valence-corrected chi connectivity index (χ0v) is 11.3. The lowest BCUT2D eigenvalue weighted by Gasteiger charge is -2.01. The van der Waals surface area contributed by atoms with Gasteiger partial charge < -0.3 is 0 Å². The lowest BCUT2D eigenvalue weighted by molar-refractivity contribution is -0.379. The minimum atomic E-state index is 1.15. The molecule has 0 fully saturated rings. The minimum absolute atomic E-state index is 1.15. The summed E-state index contributed by atoms with van der Waals surface area (Å²) in [6.45, 7) is 0. The summed E-state index contributed by atoms with van der Waals surface area (Å²) in [4.78, 5) is 3.45. The summed E-state index contributed by atoms with van der Waals surface area (Å²) in [7, 11) is 0. The molecule has 0 bridgehead atoms. The molecule has 0 spiro atoms. The van der Waals surface area contributed by atoms with E-state index in [1.807, 2.05) is 6.07 Å². The maximum atomic E-state index is 3.45. The van der Waals surface area contributed by atoms with Crippen molar-refractivity contribution in [3.63, 3.8) is 0 Å². The highest BCUT2D eigenvalue weighted by molar-refractivity contribution is 14.1. The van der Waals surface area contributed by atoms with Crippen molar-refractivity contribution in [1.82, 2.24) is 0 Å². The Labute approximate surface area is 114 Å². The van der Waals surface area contributed by atoms with Crippen molar-refractivity contribution in [2.24, 2.45) is 0 Å². The van der Waals surface area contributed by atoms with Crippen LogP contribution >= 0.6 is 22.6 Å². The van der Waals surface area contributed by atoms with Gasteiger partial charge in [-0.1, -0.05) is 36.4 Å². The SMILES string of the molecule is Ic1cc2ccccc2c(-c2ccccc2)[nH+]1. The molecule has 0 aliphatic carbocycles. The second-order valence-corrected chi connectivity index (χ2v) is 5.11. The molecule has 17 heavy (non-hydrogen) atoms. The highest BCUT2D eigenvalue weighted by Gasteiger charge is 2.12. The predicted octanol–water partition coefficient (Wildman–Crippen LogP) is 3.93. The number of pyridine rings is 1. The Morgan fingerprint density at radius 3 is 2.35 bits per heavy atom. The molecular formula is C15H11IN+. The molecule has 0 atom stereocenters. The van der Waals surface area contributed by atoms with Crippen LogP contribution in [0, 0.1) is 3.70 Å². The number of benzene rings is 2. The maximum absolute atomic E-state index is 3.45. The molecule has 0 unspecified atom stereocenters. The molecule has 0 aliphatic heterocycles. The van der Waals surface area contributed by atoms with Gasteiger partial charge in [-0.05, 0) is 23.6 Å². The largest absolute Gasteiger partial charge is 0.240 e. The molecule has 0 aliphatic rings. The monoisotopic (exact) mass is 332 g/mol. The fourth-order valence-electron chi connectivity index (χ4n) is 2.04. The van der Waals surface area contributed by atoms with E-state index in [0.29, 0.717) is 0 Å². The van der Waals surface area contributed by atoms with E-state index in [0.717, 1.165) is 3.70 Å². The van der Waals surface area contributed by atoms with Crippen LogP contribution in [0.1, 0.15) is 0 Å². The predicted molar refractivity (Wildman–Crippen MR) is 78.7 cm³/mol. The minimum Gasteiger partial charge on any atom is -0.199 e. The number of rotatable bonds is 1. The number of fused-ring (bicyclic) bond motifs is 1. The first kappa shape index (κ1) is 10.7. The van der Waals surface area contributed by atoms with Crippen LogP contribution in [0.3, 0.4) is 0 Å². The standard InChI is InChI=1S/C15H10IN/c16-14-10-12-8-4-5-9-13(12)15(17-14)11-6-2-1-3-7-11/h1-10H/p+1. The van der Waals surface area contributed by atoms with Crippen LogP contribution in [0.5, 0.6) is 0 Å². The van der Waals surface area contributed by atoms with Gasteiger partial charge in [0.05, 0.1) is 5.39 Å². The lowest BCUT2D eigenvalue weighted by atomic mass is 10.0. The van der Waals surface area contributed by atoms with Gasteiger partial charge in [0.15, 0.2) is 0 Å². The summed E-state index contributed by atoms with van der Waals surface area (Å²) in [6, 6.07) is 21.1. The molecule has 1 heterocycles. The van der Waals surface area contributed by atoms with E-state index in [1.165, 1.54) is 22.0 Å². The number of aromatic amines is 1. The van der Waals surface area contributed by atoms with Crippen LogP contribution in [0.2, 0.25) is 0 Å². The van der Waals surface area contributed by atoms with Gasteiger partial charge >= 0.3 is 0 Å². The van der Waals surface area contributed by atoms with Gasteiger partial charge in [-0.3, -0.25) is 0 Å². The third-order valence-corrected chi connectivity index (χ3v) is 3.40. The van der Waals surface area contributed by atoms with Gasteiger partial charge in [0, 0.05) is 34.2 Å². The zero-order valence-electron chi connectivity index (χ0n) is 9.15. The third kappa shape index (κ3) is 2.05. The number of hydrogen-bond donors (Lipinski definition) is 0. The van der Waals surface area contributed by atoms with Crippen LogP contribution in [-0.4, -0.2) is 0 Å². The van der Waals surface area contributed by atoms with Gasteiger partial charge in [-0.25, -0.2) is 0 Å². The second kappa shape index (κ2) is 4.45.